The molecule has 2 amide bonds. The first-order valence-electron chi connectivity index (χ1n) is 14.5. The molecule has 0 radical (unpaired) electrons. The second-order valence-corrected chi connectivity index (χ2v) is 13.0. The van der Waals surface area contributed by atoms with Gasteiger partial charge in [-0.2, -0.15) is 0 Å². The Hall–Kier alpha value is -4.45. The lowest BCUT2D eigenvalue weighted by atomic mass is 10.1. The zero-order valence-corrected chi connectivity index (χ0v) is 27.0. The van der Waals surface area contributed by atoms with Gasteiger partial charge in [0.1, 0.15) is 16.9 Å². The summed E-state index contributed by atoms with van der Waals surface area (Å²) in [4.78, 5) is 49.3. The Morgan fingerprint density at radius 2 is 1.93 bits per heavy atom. The lowest BCUT2D eigenvalue weighted by molar-refractivity contribution is -0.137. The predicted octanol–water partition coefficient (Wildman–Crippen LogP) is 6.57. The molecule has 1 aliphatic heterocycles. The molecule has 2 atom stereocenters. The first kappa shape index (κ1) is 31.5. The topological polar surface area (TPSA) is 127 Å². The smallest absolute Gasteiger partial charge is 0.303 e. The van der Waals surface area contributed by atoms with Crippen molar-refractivity contribution < 1.29 is 24.2 Å². The van der Waals surface area contributed by atoms with Crippen LogP contribution < -0.4 is 10.1 Å². The summed E-state index contributed by atoms with van der Waals surface area (Å²) in [5, 5.41) is 14.0. The highest BCUT2D eigenvalue weighted by molar-refractivity contribution is 7.11. The van der Waals surface area contributed by atoms with E-state index in [1.54, 1.807) is 47.9 Å². The van der Waals surface area contributed by atoms with Crippen molar-refractivity contribution in [1.82, 2.24) is 19.4 Å². The fourth-order valence-electron chi connectivity index (χ4n) is 5.62. The summed E-state index contributed by atoms with van der Waals surface area (Å²) in [6.45, 7) is 0.312. The van der Waals surface area contributed by atoms with Gasteiger partial charge in [0.05, 0.1) is 47.9 Å². The van der Waals surface area contributed by atoms with Gasteiger partial charge in [-0.05, 0) is 42.3 Å². The maximum Gasteiger partial charge on any atom is 0.303 e. The van der Waals surface area contributed by atoms with E-state index in [1.807, 2.05) is 41.9 Å². The molecule has 0 bridgehead atoms. The van der Waals surface area contributed by atoms with E-state index in [2.05, 4.69) is 15.3 Å². The van der Waals surface area contributed by atoms with Crippen LogP contribution in [-0.4, -0.2) is 55.0 Å². The lowest BCUT2D eigenvalue weighted by Crippen LogP contribution is -2.33. The molecule has 6 rings (SSSR count). The number of aliphatic carboxylic acids is 1. The minimum Gasteiger partial charge on any atom is -0.487 e. The number of aryl methyl sites for hydroxylation is 2. The number of benzene rings is 2. The molecule has 0 aliphatic carbocycles. The second kappa shape index (κ2) is 13.5. The van der Waals surface area contributed by atoms with Gasteiger partial charge in [0.15, 0.2) is 0 Å². The summed E-state index contributed by atoms with van der Waals surface area (Å²) in [7, 11) is 1.87. The number of ether oxygens (including phenoxy) is 1. The molecule has 2 aromatic carbocycles. The fourth-order valence-corrected chi connectivity index (χ4v) is 7.13. The number of carboxylic acid groups (broad SMARTS) is 1. The number of likely N-dealkylation sites (tertiary alicyclic amines) is 1. The standard InChI is InChI=1S/C33H29Cl2N5O5S/c1-39-18-24(23-6-2-3-7-28(23)39)32(44)38-27-14-25(34)19(11-26(27)35)12-30(41)40-17-21(45-20-5-4-10-36-15-20)13-29(40)33-37-16-22(46-33)8-9-31(42)43/h2-7,10-11,14-16,18,21,29H,8-9,12-13,17H2,1H3,(H,38,44)(H,42,43)/t21-,29-/m0/s1. The monoisotopic (exact) mass is 677 g/mol. The number of para-hydroxylation sites is 1. The van der Waals surface area contributed by atoms with Crippen LogP contribution in [0.5, 0.6) is 5.75 Å². The van der Waals surface area contributed by atoms with Crippen LogP contribution in [0, 0.1) is 0 Å². The molecule has 1 aliphatic rings. The third-order valence-electron chi connectivity index (χ3n) is 7.83. The number of nitrogens with zero attached hydrogens (tertiary/aromatic N) is 4. The molecule has 236 valence electrons. The van der Waals surface area contributed by atoms with Gasteiger partial charge in [0.25, 0.3) is 5.91 Å². The van der Waals surface area contributed by atoms with Gasteiger partial charge in [-0.15, -0.1) is 11.3 Å². The zero-order chi connectivity index (χ0) is 32.4. The largest absolute Gasteiger partial charge is 0.487 e. The van der Waals surface area contributed by atoms with Crippen molar-refractivity contribution >= 4 is 68.9 Å². The van der Waals surface area contributed by atoms with Crippen LogP contribution in [0.25, 0.3) is 10.9 Å². The fraction of sp³-hybridized carbons (Fsp3) is 0.242. The number of carbonyl (C=O) groups is 3. The highest BCUT2D eigenvalue weighted by Gasteiger charge is 2.39. The van der Waals surface area contributed by atoms with Gasteiger partial charge in [0, 0.05) is 52.9 Å². The molecule has 10 nitrogen and oxygen atoms in total. The number of aromatic nitrogens is 3. The molecule has 1 fully saturated rings. The number of pyridine rings is 1. The summed E-state index contributed by atoms with van der Waals surface area (Å²) in [5.74, 6) is -0.815. The molecule has 46 heavy (non-hydrogen) atoms. The number of amides is 2. The van der Waals surface area contributed by atoms with Gasteiger partial charge < -0.3 is 24.6 Å². The number of halogens is 2. The minimum absolute atomic E-state index is 0.000658. The van der Waals surface area contributed by atoms with Crippen molar-refractivity contribution in [2.45, 2.75) is 37.8 Å². The average molecular weight is 679 g/mol. The molecule has 0 unspecified atom stereocenters. The Labute approximate surface area is 278 Å². The number of nitrogens with one attached hydrogen (secondary N) is 1. The maximum absolute atomic E-state index is 13.8. The van der Waals surface area contributed by atoms with Gasteiger partial charge in [-0.3, -0.25) is 19.4 Å². The minimum atomic E-state index is -0.882. The van der Waals surface area contributed by atoms with Crippen LogP contribution in [-0.2, 0) is 29.5 Å². The van der Waals surface area contributed by atoms with Crippen molar-refractivity contribution in [3.05, 3.63) is 104 Å². The van der Waals surface area contributed by atoms with Gasteiger partial charge in [0.2, 0.25) is 5.91 Å². The molecular weight excluding hydrogens is 649 g/mol. The predicted molar refractivity (Wildman–Crippen MR) is 177 cm³/mol. The van der Waals surface area contributed by atoms with Gasteiger partial charge in [-0.25, -0.2) is 4.98 Å². The van der Waals surface area contributed by atoms with E-state index in [-0.39, 0.29) is 46.8 Å². The van der Waals surface area contributed by atoms with E-state index < -0.39 is 5.97 Å². The van der Waals surface area contributed by atoms with Crippen LogP contribution in [0.3, 0.4) is 0 Å². The first-order valence-corrected chi connectivity index (χ1v) is 16.1. The van der Waals surface area contributed by atoms with Crippen molar-refractivity contribution in [1.29, 1.82) is 0 Å². The van der Waals surface area contributed by atoms with Crippen molar-refractivity contribution in [2.75, 3.05) is 11.9 Å². The SMILES string of the molecule is Cn1cc(C(=O)Nc2cc(Cl)c(CC(=O)N3C[C@@H](Oc4cccnc4)C[C@H]3c3ncc(CCC(=O)O)s3)cc2Cl)c2ccccc21. The molecular formula is C33H29Cl2N5O5S. The lowest BCUT2D eigenvalue weighted by Gasteiger charge is -2.23. The van der Waals surface area contributed by atoms with Crippen LogP contribution in [0.15, 0.2) is 73.3 Å². The summed E-state index contributed by atoms with van der Waals surface area (Å²) in [5.41, 5.74) is 2.27. The number of carbonyl (C=O) groups excluding carboxylic acids is 2. The molecule has 0 spiro atoms. The van der Waals surface area contributed by atoms with E-state index in [1.165, 1.54) is 11.3 Å². The molecule has 4 heterocycles. The van der Waals surface area contributed by atoms with Crippen molar-refractivity contribution in [3.8, 4) is 5.75 Å². The van der Waals surface area contributed by atoms with E-state index in [0.29, 0.717) is 47.0 Å². The van der Waals surface area contributed by atoms with Gasteiger partial charge >= 0.3 is 5.97 Å². The molecule has 13 heteroatoms. The number of carboxylic acids is 1. The van der Waals surface area contributed by atoms with E-state index in [9.17, 15) is 14.4 Å². The summed E-state index contributed by atoms with van der Waals surface area (Å²) in [6.07, 6.45) is 7.22. The number of fused-ring (bicyclic) bond motifs is 1. The summed E-state index contributed by atoms with van der Waals surface area (Å²) >= 11 is 14.7. The third kappa shape index (κ3) is 6.86. The van der Waals surface area contributed by atoms with E-state index in [0.717, 1.165) is 15.8 Å². The van der Waals surface area contributed by atoms with Gasteiger partial charge in [-0.1, -0.05) is 41.4 Å². The quantitative estimate of drug-likeness (QED) is 0.171. The van der Waals surface area contributed by atoms with E-state index in [4.69, 9.17) is 33.0 Å². The second-order valence-electron chi connectivity index (χ2n) is 11.0. The molecule has 2 N–H and O–H groups in total. The Bertz CT molecular complexity index is 1930. The Balaban J connectivity index is 1.20. The zero-order valence-electron chi connectivity index (χ0n) is 24.7. The molecule has 0 saturated carbocycles. The third-order valence-corrected chi connectivity index (χ3v) is 9.65. The molecule has 5 aromatic rings. The molecule has 3 aromatic heterocycles. The van der Waals surface area contributed by atoms with Crippen molar-refractivity contribution in [3.63, 3.8) is 0 Å². The highest BCUT2D eigenvalue weighted by atomic mass is 35.5. The van der Waals surface area contributed by atoms with Crippen LogP contribution in [0.4, 0.5) is 5.69 Å². The number of rotatable bonds is 10. The summed E-state index contributed by atoms with van der Waals surface area (Å²) < 4.78 is 8.04. The maximum atomic E-state index is 13.8. The highest BCUT2D eigenvalue weighted by Crippen LogP contribution is 2.38. The molecule has 1 saturated heterocycles. The summed E-state index contributed by atoms with van der Waals surface area (Å²) in [6, 6.07) is 14.0. The Kier molecular flexibility index (Phi) is 9.25. The number of hydrogen-bond acceptors (Lipinski definition) is 7. The van der Waals surface area contributed by atoms with Crippen LogP contribution >= 0.6 is 34.5 Å². The Morgan fingerprint density at radius 1 is 1.11 bits per heavy atom. The van der Waals surface area contributed by atoms with Crippen LogP contribution in [0.1, 0.15) is 44.7 Å². The number of thiazole rings is 1. The van der Waals surface area contributed by atoms with E-state index >= 15 is 0 Å². The normalized spacial score (nSPS) is 16.1. The average Bonchev–Trinajstić information content (AvgIpc) is 3.77. The first-order chi connectivity index (χ1) is 22.2. The van der Waals surface area contributed by atoms with Crippen molar-refractivity contribution in [2.24, 2.45) is 7.05 Å². The van der Waals surface area contributed by atoms with Crippen LogP contribution in [0.2, 0.25) is 10.0 Å². The number of hydrogen-bond donors (Lipinski definition) is 2. The number of anilines is 1. The Morgan fingerprint density at radius 3 is 2.72 bits per heavy atom.